The highest BCUT2D eigenvalue weighted by atomic mass is 28.3. The first-order valence-corrected chi connectivity index (χ1v) is 8.14. The van der Waals surface area contributed by atoms with Crippen LogP contribution in [-0.4, -0.2) is 8.07 Å². The van der Waals surface area contributed by atoms with E-state index in [0.29, 0.717) is 0 Å². The number of nitrogens with zero attached hydrogens (tertiary/aromatic N) is 1. The molecular formula is C10H18NSi+. The van der Waals surface area contributed by atoms with E-state index in [9.17, 15) is 0 Å². The molecule has 2 heteroatoms. The van der Waals surface area contributed by atoms with Crippen molar-refractivity contribution in [2.45, 2.75) is 32.7 Å². The summed E-state index contributed by atoms with van der Waals surface area (Å²) in [6.07, 6.45) is 5.56. The van der Waals surface area contributed by atoms with E-state index in [2.05, 4.69) is 55.7 Å². The van der Waals surface area contributed by atoms with Gasteiger partial charge in [-0.15, -0.1) is 0 Å². The van der Waals surface area contributed by atoms with Crippen LogP contribution in [0.1, 0.15) is 5.56 Å². The molecule has 0 amide bonds. The fourth-order valence-electron chi connectivity index (χ4n) is 1.18. The molecule has 0 saturated heterocycles. The molecule has 1 heterocycles. The van der Waals surface area contributed by atoms with Gasteiger partial charge in [0, 0.05) is 12.1 Å². The maximum Gasteiger partial charge on any atom is 0.168 e. The third-order valence-electron chi connectivity index (χ3n) is 1.71. The summed E-state index contributed by atoms with van der Waals surface area (Å²) in [5.41, 5.74) is 1.34. The lowest BCUT2D eigenvalue weighted by Crippen LogP contribution is -2.45. The molecule has 0 aliphatic heterocycles. The topological polar surface area (TPSA) is 3.88 Å². The summed E-state index contributed by atoms with van der Waals surface area (Å²) in [7, 11) is -0.952. The van der Waals surface area contributed by atoms with Gasteiger partial charge in [-0.2, -0.15) is 0 Å². The molecule has 0 radical (unpaired) electrons. The van der Waals surface area contributed by atoms with Crippen molar-refractivity contribution in [3.63, 3.8) is 0 Å². The Balaban J connectivity index is 2.71. The van der Waals surface area contributed by atoms with Crippen molar-refractivity contribution in [1.82, 2.24) is 0 Å². The minimum atomic E-state index is -0.952. The van der Waals surface area contributed by atoms with E-state index in [1.807, 2.05) is 0 Å². The average molecular weight is 180 g/mol. The van der Waals surface area contributed by atoms with Gasteiger partial charge in [-0.3, -0.25) is 0 Å². The fraction of sp³-hybridized carbons (Fsp3) is 0.500. The molecule has 0 unspecified atom stereocenters. The Morgan fingerprint density at radius 1 is 1.17 bits per heavy atom. The minimum absolute atomic E-state index is 0.952. The van der Waals surface area contributed by atoms with Crippen molar-refractivity contribution >= 4 is 8.07 Å². The van der Waals surface area contributed by atoms with Crippen molar-refractivity contribution in [2.75, 3.05) is 0 Å². The van der Waals surface area contributed by atoms with Crippen LogP contribution >= 0.6 is 0 Å². The Bertz CT molecular complexity index is 246. The SMILES string of the molecule is Cc1cc[n+](C[Si](C)(C)C)cc1. The molecule has 0 N–H and O–H groups in total. The van der Waals surface area contributed by atoms with Crippen LogP contribution in [0.4, 0.5) is 0 Å². The first-order valence-electron chi connectivity index (χ1n) is 4.43. The monoisotopic (exact) mass is 180 g/mol. The number of rotatable bonds is 2. The Morgan fingerprint density at radius 2 is 1.67 bits per heavy atom. The minimum Gasteiger partial charge on any atom is -0.209 e. The van der Waals surface area contributed by atoms with Gasteiger partial charge in [0.05, 0.1) is 0 Å². The van der Waals surface area contributed by atoms with E-state index in [-0.39, 0.29) is 0 Å². The zero-order valence-corrected chi connectivity index (χ0v) is 9.46. The standard InChI is InChI=1S/C10H18NSi/c1-10-5-7-11(8-6-10)9-12(2,3)4/h5-8H,9H2,1-4H3/q+1. The fourth-order valence-corrected chi connectivity index (χ4v) is 2.49. The van der Waals surface area contributed by atoms with Gasteiger partial charge in [0.25, 0.3) is 0 Å². The summed E-state index contributed by atoms with van der Waals surface area (Å²) >= 11 is 0. The van der Waals surface area contributed by atoms with E-state index in [1.54, 1.807) is 0 Å². The van der Waals surface area contributed by atoms with Crippen molar-refractivity contribution in [3.05, 3.63) is 30.1 Å². The molecular weight excluding hydrogens is 162 g/mol. The Morgan fingerprint density at radius 3 is 2.08 bits per heavy atom. The van der Waals surface area contributed by atoms with Gasteiger partial charge in [-0.1, -0.05) is 19.6 Å². The van der Waals surface area contributed by atoms with Crippen LogP contribution in [0.2, 0.25) is 19.6 Å². The summed E-state index contributed by atoms with van der Waals surface area (Å²) < 4.78 is 2.29. The lowest BCUT2D eigenvalue weighted by atomic mass is 10.3. The van der Waals surface area contributed by atoms with Gasteiger partial charge in [0.1, 0.15) is 14.2 Å². The quantitative estimate of drug-likeness (QED) is 0.485. The number of hydrogen-bond donors (Lipinski definition) is 0. The van der Waals surface area contributed by atoms with Gasteiger partial charge in [-0.25, -0.2) is 4.57 Å². The van der Waals surface area contributed by atoms with E-state index in [4.69, 9.17) is 0 Å². The van der Waals surface area contributed by atoms with Gasteiger partial charge in [0.15, 0.2) is 12.4 Å². The molecule has 12 heavy (non-hydrogen) atoms. The second kappa shape index (κ2) is 3.40. The van der Waals surface area contributed by atoms with Crippen LogP contribution in [0.15, 0.2) is 24.5 Å². The summed E-state index contributed by atoms with van der Waals surface area (Å²) in [6.45, 7) is 9.29. The van der Waals surface area contributed by atoms with Gasteiger partial charge >= 0.3 is 0 Å². The molecule has 66 valence electrons. The summed E-state index contributed by atoms with van der Waals surface area (Å²) in [5.74, 6) is 0. The molecule has 1 aromatic heterocycles. The van der Waals surface area contributed by atoms with Gasteiger partial charge in [0.2, 0.25) is 0 Å². The van der Waals surface area contributed by atoms with Crippen molar-refractivity contribution < 1.29 is 4.57 Å². The van der Waals surface area contributed by atoms with Crippen molar-refractivity contribution in [2.24, 2.45) is 0 Å². The Hall–Kier alpha value is -0.633. The smallest absolute Gasteiger partial charge is 0.168 e. The van der Waals surface area contributed by atoms with Crippen LogP contribution in [-0.2, 0) is 6.17 Å². The van der Waals surface area contributed by atoms with Crippen molar-refractivity contribution in [1.29, 1.82) is 0 Å². The number of aryl methyl sites for hydroxylation is 1. The molecule has 0 aromatic carbocycles. The zero-order chi connectivity index (χ0) is 9.19. The number of pyridine rings is 1. The molecule has 1 nitrogen and oxygen atoms in total. The predicted octanol–water partition coefficient (Wildman–Crippen LogP) is 2.16. The third-order valence-corrected chi connectivity index (χ3v) is 3.03. The average Bonchev–Trinajstić information content (AvgIpc) is 1.91. The van der Waals surface area contributed by atoms with E-state index < -0.39 is 8.07 Å². The van der Waals surface area contributed by atoms with Gasteiger partial charge in [-0.05, 0) is 12.5 Å². The first-order chi connectivity index (χ1) is 5.47. The highest BCUT2D eigenvalue weighted by molar-refractivity contribution is 6.74. The first kappa shape index (κ1) is 9.45. The molecule has 0 aliphatic rings. The molecule has 0 bridgehead atoms. The van der Waals surface area contributed by atoms with Crippen LogP contribution in [0.5, 0.6) is 0 Å². The molecule has 0 spiro atoms. The van der Waals surface area contributed by atoms with Crippen molar-refractivity contribution in [3.8, 4) is 0 Å². The lowest BCUT2D eigenvalue weighted by molar-refractivity contribution is -0.681. The van der Waals surface area contributed by atoms with E-state index in [1.165, 1.54) is 11.7 Å². The molecule has 1 aromatic rings. The summed E-state index contributed by atoms with van der Waals surface area (Å²) in [4.78, 5) is 0. The largest absolute Gasteiger partial charge is 0.209 e. The normalized spacial score (nSPS) is 11.7. The number of aromatic nitrogens is 1. The van der Waals surface area contributed by atoms with E-state index >= 15 is 0 Å². The highest BCUT2D eigenvalue weighted by Crippen LogP contribution is 1.99. The molecule has 0 saturated carbocycles. The van der Waals surface area contributed by atoms with Gasteiger partial charge < -0.3 is 0 Å². The predicted molar refractivity (Wildman–Crippen MR) is 54.7 cm³/mol. The highest BCUT2D eigenvalue weighted by Gasteiger charge is 2.18. The summed E-state index contributed by atoms with van der Waals surface area (Å²) in [5, 5.41) is 0. The molecule has 0 fully saturated rings. The van der Waals surface area contributed by atoms with Crippen LogP contribution in [0, 0.1) is 6.92 Å². The van der Waals surface area contributed by atoms with E-state index in [0.717, 1.165) is 0 Å². The number of hydrogen-bond acceptors (Lipinski definition) is 0. The second-order valence-electron chi connectivity index (χ2n) is 4.61. The maximum atomic E-state index is 2.39. The maximum absolute atomic E-state index is 2.39. The third kappa shape index (κ3) is 3.18. The molecule has 0 atom stereocenters. The van der Waals surface area contributed by atoms with Crippen LogP contribution in [0.25, 0.3) is 0 Å². The second-order valence-corrected chi connectivity index (χ2v) is 10.0. The van der Waals surface area contributed by atoms with Crippen LogP contribution < -0.4 is 4.57 Å². The van der Waals surface area contributed by atoms with Crippen LogP contribution in [0.3, 0.4) is 0 Å². The molecule has 1 rings (SSSR count). The Kier molecular flexibility index (Phi) is 2.68. The Labute approximate surface area is 76.1 Å². The zero-order valence-electron chi connectivity index (χ0n) is 8.46. The molecule has 0 aliphatic carbocycles. The lowest BCUT2D eigenvalue weighted by Gasteiger charge is -2.10. The summed E-state index contributed by atoms with van der Waals surface area (Å²) in [6, 6.07) is 4.33.